The first kappa shape index (κ1) is 10.2. The topological polar surface area (TPSA) is 53.1 Å². The molecule has 0 aliphatic carbocycles. The maximum absolute atomic E-state index is 10.5. The number of hydrogen-bond acceptors (Lipinski definition) is 2. The lowest BCUT2D eigenvalue weighted by Gasteiger charge is -1.94. The van der Waals surface area contributed by atoms with Crippen LogP contribution in [0.25, 0.3) is 0 Å². The molecule has 1 aromatic heterocycles. The molecule has 13 heavy (non-hydrogen) atoms. The van der Waals surface area contributed by atoms with Gasteiger partial charge in [-0.15, -0.1) is 11.8 Å². The first-order valence-corrected chi connectivity index (χ1v) is 5.27. The normalized spacial score (nSPS) is 10.2. The molecule has 0 saturated heterocycles. The Balaban J connectivity index is 2.44. The second-order valence-corrected chi connectivity index (χ2v) is 3.90. The third-order valence-corrected chi connectivity index (χ3v) is 2.70. The summed E-state index contributed by atoms with van der Waals surface area (Å²) < 4.78 is 0. The Bertz CT molecular complexity index is 283. The first-order chi connectivity index (χ1) is 6.24. The molecule has 2 N–H and O–H groups in total. The van der Waals surface area contributed by atoms with Gasteiger partial charge in [0.2, 0.25) is 0 Å². The SMILES string of the molecule is CCCCSc1cc(C(=O)O)c[nH]1. The molecule has 0 aromatic carbocycles. The van der Waals surface area contributed by atoms with E-state index in [1.165, 1.54) is 12.6 Å². The van der Waals surface area contributed by atoms with Gasteiger partial charge in [0, 0.05) is 6.20 Å². The zero-order valence-electron chi connectivity index (χ0n) is 7.54. The molecule has 1 rings (SSSR count). The lowest BCUT2D eigenvalue weighted by molar-refractivity contribution is 0.0697. The predicted molar refractivity (Wildman–Crippen MR) is 53.4 cm³/mol. The average Bonchev–Trinajstić information content (AvgIpc) is 2.53. The van der Waals surface area contributed by atoms with E-state index in [-0.39, 0.29) is 0 Å². The van der Waals surface area contributed by atoms with Gasteiger partial charge in [-0.05, 0) is 18.2 Å². The summed E-state index contributed by atoms with van der Waals surface area (Å²) >= 11 is 1.66. The second kappa shape index (κ2) is 4.97. The van der Waals surface area contributed by atoms with Crippen molar-refractivity contribution in [3.05, 3.63) is 17.8 Å². The summed E-state index contributed by atoms with van der Waals surface area (Å²) in [6.07, 6.45) is 3.85. The van der Waals surface area contributed by atoms with Crippen LogP contribution in [0.15, 0.2) is 17.3 Å². The van der Waals surface area contributed by atoms with E-state index in [9.17, 15) is 4.79 Å². The predicted octanol–water partition coefficient (Wildman–Crippen LogP) is 2.61. The van der Waals surface area contributed by atoms with Crippen molar-refractivity contribution in [2.75, 3.05) is 5.75 Å². The third-order valence-electron chi connectivity index (χ3n) is 1.66. The van der Waals surface area contributed by atoms with Crippen LogP contribution in [0.4, 0.5) is 0 Å². The summed E-state index contributed by atoms with van der Waals surface area (Å²) in [4.78, 5) is 13.4. The van der Waals surface area contributed by atoms with Gasteiger partial charge in [-0.3, -0.25) is 0 Å². The van der Waals surface area contributed by atoms with Crippen LogP contribution < -0.4 is 0 Å². The molecular weight excluding hydrogens is 186 g/mol. The van der Waals surface area contributed by atoms with E-state index >= 15 is 0 Å². The highest BCUT2D eigenvalue weighted by Crippen LogP contribution is 2.18. The highest BCUT2D eigenvalue weighted by Gasteiger charge is 2.05. The van der Waals surface area contributed by atoms with Gasteiger partial charge >= 0.3 is 5.97 Å². The van der Waals surface area contributed by atoms with Crippen LogP contribution in [0.2, 0.25) is 0 Å². The van der Waals surface area contributed by atoms with Gasteiger partial charge < -0.3 is 10.1 Å². The smallest absolute Gasteiger partial charge is 0.337 e. The van der Waals surface area contributed by atoms with Crippen molar-refractivity contribution in [3.8, 4) is 0 Å². The molecule has 0 aliphatic rings. The molecule has 72 valence electrons. The number of hydrogen-bond donors (Lipinski definition) is 2. The van der Waals surface area contributed by atoms with Crippen LogP contribution in [0.1, 0.15) is 30.1 Å². The van der Waals surface area contributed by atoms with Gasteiger partial charge in [0.15, 0.2) is 0 Å². The average molecular weight is 199 g/mol. The maximum atomic E-state index is 10.5. The number of carboxylic acid groups (broad SMARTS) is 1. The van der Waals surface area contributed by atoms with Crippen LogP contribution in [0, 0.1) is 0 Å². The molecule has 4 heteroatoms. The number of aromatic amines is 1. The maximum Gasteiger partial charge on any atom is 0.337 e. The minimum Gasteiger partial charge on any atom is -0.478 e. The summed E-state index contributed by atoms with van der Waals surface area (Å²) in [5, 5.41) is 9.58. The van der Waals surface area contributed by atoms with Gasteiger partial charge in [0.1, 0.15) is 0 Å². The standard InChI is InChI=1S/C9H13NO2S/c1-2-3-4-13-8-5-7(6-10-8)9(11)12/h5-6,10H,2-4H2,1H3,(H,11,12). The fourth-order valence-corrected chi connectivity index (χ4v) is 1.91. The van der Waals surface area contributed by atoms with Crippen LogP contribution in [0.3, 0.4) is 0 Å². The quantitative estimate of drug-likeness (QED) is 0.566. The minimum absolute atomic E-state index is 0.332. The molecule has 0 bridgehead atoms. The number of aromatic nitrogens is 1. The Hall–Kier alpha value is -0.900. The van der Waals surface area contributed by atoms with E-state index in [4.69, 9.17) is 5.11 Å². The van der Waals surface area contributed by atoms with Crippen molar-refractivity contribution >= 4 is 17.7 Å². The van der Waals surface area contributed by atoms with E-state index in [0.717, 1.165) is 17.2 Å². The summed E-state index contributed by atoms with van der Waals surface area (Å²) in [5.41, 5.74) is 0.332. The van der Waals surface area contributed by atoms with Crippen LogP contribution >= 0.6 is 11.8 Å². The summed E-state index contributed by atoms with van der Waals surface area (Å²) in [6, 6.07) is 1.67. The molecule has 1 aromatic rings. The van der Waals surface area contributed by atoms with Crippen molar-refractivity contribution in [3.63, 3.8) is 0 Å². The van der Waals surface area contributed by atoms with Crippen molar-refractivity contribution in [2.24, 2.45) is 0 Å². The Morgan fingerprint density at radius 2 is 2.46 bits per heavy atom. The Morgan fingerprint density at radius 3 is 3.00 bits per heavy atom. The molecule has 0 atom stereocenters. The molecule has 0 aliphatic heterocycles. The first-order valence-electron chi connectivity index (χ1n) is 4.28. The Labute approximate surface area is 81.5 Å². The lowest BCUT2D eigenvalue weighted by Crippen LogP contribution is -1.91. The molecule has 0 fully saturated rings. The molecule has 1 heterocycles. The van der Waals surface area contributed by atoms with E-state index in [1.807, 2.05) is 0 Å². The van der Waals surface area contributed by atoms with Crippen LogP contribution in [-0.2, 0) is 0 Å². The number of unbranched alkanes of at least 4 members (excludes halogenated alkanes) is 1. The highest BCUT2D eigenvalue weighted by atomic mass is 32.2. The highest BCUT2D eigenvalue weighted by molar-refractivity contribution is 7.99. The summed E-state index contributed by atoms with van der Waals surface area (Å²) in [7, 11) is 0. The van der Waals surface area contributed by atoms with Gasteiger partial charge in [-0.2, -0.15) is 0 Å². The Kier molecular flexibility index (Phi) is 3.89. The molecule has 0 unspecified atom stereocenters. The second-order valence-electron chi connectivity index (χ2n) is 2.76. The zero-order valence-corrected chi connectivity index (χ0v) is 8.36. The van der Waals surface area contributed by atoms with E-state index in [0.29, 0.717) is 5.56 Å². The molecule has 0 amide bonds. The number of carbonyl (C=O) groups is 1. The van der Waals surface area contributed by atoms with Gasteiger partial charge in [0.25, 0.3) is 0 Å². The van der Waals surface area contributed by atoms with Crippen molar-refractivity contribution in [1.29, 1.82) is 0 Å². The molecule has 0 saturated carbocycles. The van der Waals surface area contributed by atoms with E-state index in [1.54, 1.807) is 17.8 Å². The van der Waals surface area contributed by atoms with Gasteiger partial charge in [0.05, 0.1) is 10.6 Å². The minimum atomic E-state index is -0.876. The van der Waals surface area contributed by atoms with Crippen molar-refractivity contribution in [1.82, 2.24) is 4.98 Å². The van der Waals surface area contributed by atoms with Crippen molar-refractivity contribution < 1.29 is 9.90 Å². The van der Waals surface area contributed by atoms with E-state index < -0.39 is 5.97 Å². The zero-order chi connectivity index (χ0) is 9.68. The molecule has 0 radical (unpaired) electrons. The fraction of sp³-hybridized carbons (Fsp3) is 0.444. The monoisotopic (exact) mass is 199 g/mol. The number of thioether (sulfide) groups is 1. The van der Waals surface area contributed by atoms with Gasteiger partial charge in [-0.25, -0.2) is 4.79 Å². The largest absolute Gasteiger partial charge is 0.478 e. The van der Waals surface area contributed by atoms with Crippen molar-refractivity contribution in [2.45, 2.75) is 24.8 Å². The summed E-state index contributed by atoms with van der Waals surface area (Å²) in [5.74, 6) is 0.161. The molecule has 3 nitrogen and oxygen atoms in total. The number of rotatable bonds is 5. The number of aromatic carboxylic acids is 1. The molecule has 0 spiro atoms. The summed E-state index contributed by atoms with van der Waals surface area (Å²) in [6.45, 7) is 2.14. The third kappa shape index (κ3) is 3.14. The number of H-pyrrole nitrogens is 1. The van der Waals surface area contributed by atoms with Crippen LogP contribution in [0.5, 0.6) is 0 Å². The van der Waals surface area contributed by atoms with Crippen LogP contribution in [-0.4, -0.2) is 21.8 Å². The number of carboxylic acids is 1. The van der Waals surface area contributed by atoms with Gasteiger partial charge in [-0.1, -0.05) is 13.3 Å². The Morgan fingerprint density at radius 1 is 1.69 bits per heavy atom. The lowest BCUT2D eigenvalue weighted by atomic mass is 10.4. The fourth-order valence-electron chi connectivity index (χ4n) is 0.907. The number of nitrogens with one attached hydrogen (secondary N) is 1. The molecular formula is C9H13NO2S. The van der Waals surface area contributed by atoms with E-state index in [2.05, 4.69) is 11.9 Å².